The molecule has 0 radical (unpaired) electrons. The molecular weight excluding hydrogens is 296 g/mol. The Labute approximate surface area is 112 Å². The van der Waals surface area contributed by atoms with Gasteiger partial charge in [-0.15, -0.1) is 0 Å². The van der Waals surface area contributed by atoms with E-state index in [0.717, 1.165) is 10.0 Å². The van der Waals surface area contributed by atoms with E-state index >= 15 is 0 Å². The van der Waals surface area contributed by atoms with Crippen molar-refractivity contribution < 1.29 is 9.21 Å². The topological polar surface area (TPSA) is 66.0 Å². The SMILES string of the molecule is Cc1ccoc1C(=O)Nc1cc(Br)ccc1C#N. The van der Waals surface area contributed by atoms with Gasteiger partial charge < -0.3 is 9.73 Å². The maximum atomic E-state index is 11.9. The molecule has 0 fully saturated rings. The summed E-state index contributed by atoms with van der Waals surface area (Å²) in [6.45, 7) is 1.78. The van der Waals surface area contributed by atoms with Crippen LogP contribution in [-0.2, 0) is 0 Å². The first kappa shape index (κ1) is 12.4. The molecule has 1 heterocycles. The lowest BCUT2D eigenvalue weighted by molar-refractivity contribution is 0.0996. The first-order valence-corrected chi connectivity index (χ1v) is 5.96. The van der Waals surface area contributed by atoms with Crippen LogP contribution in [0.25, 0.3) is 0 Å². The van der Waals surface area contributed by atoms with Crippen LogP contribution < -0.4 is 5.32 Å². The van der Waals surface area contributed by atoms with Crippen LogP contribution in [0.2, 0.25) is 0 Å². The van der Waals surface area contributed by atoms with Crippen LogP contribution in [0.3, 0.4) is 0 Å². The fraction of sp³-hybridized carbons (Fsp3) is 0.0769. The average molecular weight is 305 g/mol. The fourth-order valence-electron chi connectivity index (χ4n) is 1.50. The summed E-state index contributed by atoms with van der Waals surface area (Å²) in [5, 5.41) is 11.6. The van der Waals surface area contributed by atoms with Crippen molar-refractivity contribution in [2.24, 2.45) is 0 Å². The van der Waals surface area contributed by atoms with E-state index in [4.69, 9.17) is 9.68 Å². The molecule has 0 saturated carbocycles. The van der Waals surface area contributed by atoms with E-state index in [1.54, 1.807) is 31.2 Å². The number of amides is 1. The Hall–Kier alpha value is -2.06. The molecule has 4 nitrogen and oxygen atoms in total. The highest BCUT2D eigenvalue weighted by atomic mass is 79.9. The van der Waals surface area contributed by atoms with E-state index in [-0.39, 0.29) is 11.7 Å². The van der Waals surface area contributed by atoms with Crippen molar-refractivity contribution in [2.45, 2.75) is 6.92 Å². The number of hydrogen-bond acceptors (Lipinski definition) is 3. The van der Waals surface area contributed by atoms with Gasteiger partial charge in [-0.1, -0.05) is 15.9 Å². The van der Waals surface area contributed by atoms with Crippen LogP contribution in [0, 0.1) is 18.3 Å². The van der Waals surface area contributed by atoms with Crippen LogP contribution in [0.15, 0.2) is 39.4 Å². The zero-order valence-corrected chi connectivity index (χ0v) is 11.1. The maximum Gasteiger partial charge on any atom is 0.291 e. The predicted molar refractivity (Wildman–Crippen MR) is 70.3 cm³/mol. The van der Waals surface area contributed by atoms with Crippen molar-refractivity contribution >= 4 is 27.5 Å². The molecule has 0 spiro atoms. The molecule has 2 rings (SSSR count). The zero-order chi connectivity index (χ0) is 13.1. The van der Waals surface area contributed by atoms with E-state index in [1.165, 1.54) is 6.26 Å². The largest absolute Gasteiger partial charge is 0.459 e. The molecule has 0 unspecified atom stereocenters. The second-order valence-electron chi connectivity index (χ2n) is 3.69. The number of anilines is 1. The molecule has 90 valence electrons. The Kier molecular flexibility index (Phi) is 3.49. The third-order valence-corrected chi connectivity index (χ3v) is 2.91. The predicted octanol–water partition coefficient (Wildman–Crippen LogP) is 3.47. The summed E-state index contributed by atoms with van der Waals surface area (Å²) in [6, 6.07) is 8.78. The minimum Gasteiger partial charge on any atom is -0.459 e. The first-order valence-electron chi connectivity index (χ1n) is 5.17. The number of furan rings is 1. The minimum absolute atomic E-state index is 0.249. The van der Waals surface area contributed by atoms with E-state index in [0.29, 0.717) is 11.3 Å². The molecule has 1 aromatic heterocycles. The van der Waals surface area contributed by atoms with Crippen molar-refractivity contribution in [1.82, 2.24) is 0 Å². The normalized spacial score (nSPS) is 9.83. The van der Waals surface area contributed by atoms with Gasteiger partial charge >= 0.3 is 0 Å². The molecule has 1 aromatic carbocycles. The van der Waals surface area contributed by atoms with Gasteiger partial charge in [0, 0.05) is 10.0 Å². The highest BCUT2D eigenvalue weighted by Crippen LogP contribution is 2.22. The van der Waals surface area contributed by atoms with Gasteiger partial charge in [0.25, 0.3) is 5.91 Å². The minimum atomic E-state index is -0.368. The lowest BCUT2D eigenvalue weighted by Gasteiger charge is -2.06. The van der Waals surface area contributed by atoms with Gasteiger partial charge in [-0.2, -0.15) is 5.26 Å². The Morgan fingerprint density at radius 1 is 1.44 bits per heavy atom. The average Bonchev–Trinajstić information content (AvgIpc) is 2.76. The Balaban J connectivity index is 2.30. The van der Waals surface area contributed by atoms with Crippen LogP contribution in [0.4, 0.5) is 5.69 Å². The second kappa shape index (κ2) is 5.07. The Morgan fingerprint density at radius 2 is 2.22 bits per heavy atom. The molecule has 0 aliphatic carbocycles. The van der Waals surface area contributed by atoms with E-state index in [1.807, 2.05) is 6.07 Å². The third kappa shape index (κ3) is 2.44. The van der Waals surface area contributed by atoms with E-state index in [9.17, 15) is 4.79 Å². The van der Waals surface area contributed by atoms with Gasteiger partial charge in [0.1, 0.15) is 6.07 Å². The van der Waals surface area contributed by atoms with Crippen LogP contribution in [0.1, 0.15) is 21.7 Å². The molecule has 0 aliphatic rings. The molecular formula is C13H9BrN2O2. The van der Waals surface area contributed by atoms with Crippen molar-refractivity contribution in [3.63, 3.8) is 0 Å². The Bertz CT molecular complexity index is 641. The number of nitrogens with one attached hydrogen (secondary N) is 1. The van der Waals surface area contributed by atoms with Crippen molar-refractivity contribution in [3.8, 4) is 6.07 Å². The first-order chi connectivity index (χ1) is 8.61. The molecule has 1 N–H and O–H groups in total. The molecule has 0 bridgehead atoms. The van der Waals surface area contributed by atoms with E-state index in [2.05, 4.69) is 21.2 Å². The van der Waals surface area contributed by atoms with Gasteiger partial charge in [-0.3, -0.25) is 4.79 Å². The molecule has 0 atom stereocenters. The number of carbonyl (C=O) groups is 1. The summed E-state index contributed by atoms with van der Waals surface area (Å²) in [7, 11) is 0. The Morgan fingerprint density at radius 3 is 2.83 bits per heavy atom. The number of carbonyl (C=O) groups excluding carboxylic acids is 1. The molecule has 2 aromatic rings. The smallest absolute Gasteiger partial charge is 0.291 e. The summed E-state index contributed by atoms with van der Waals surface area (Å²) >= 11 is 3.29. The lowest BCUT2D eigenvalue weighted by atomic mass is 10.2. The van der Waals surface area contributed by atoms with E-state index < -0.39 is 0 Å². The van der Waals surface area contributed by atoms with Gasteiger partial charge in [-0.05, 0) is 31.2 Å². The second-order valence-corrected chi connectivity index (χ2v) is 4.60. The fourth-order valence-corrected chi connectivity index (χ4v) is 1.86. The number of halogens is 1. The molecule has 1 amide bonds. The number of nitriles is 1. The lowest BCUT2D eigenvalue weighted by Crippen LogP contribution is -2.13. The number of nitrogens with zero attached hydrogens (tertiary/aromatic N) is 1. The van der Waals surface area contributed by atoms with Crippen molar-refractivity contribution in [1.29, 1.82) is 5.26 Å². The molecule has 18 heavy (non-hydrogen) atoms. The zero-order valence-electron chi connectivity index (χ0n) is 9.53. The number of benzene rings is 1. The number of aryl methyl sites for hydroxylation is 1. The van der Waals surface area contributed by atoms with Crippen molar-refractivity contribution in [3.05, 3.63) is 51.9 Å². The van der Waals surface area contributed by atoms with Gasteiger partial charge in [-0.25, -0.2) is 0 Å². The summed E-state index contributed by atoms with van der Waals surface area (Å²) < 4.78 is 5.88. The highest BCUT2D eigenvalue weighted by Gasteiger charge is 2.14. The third-order valence-electron chi connectivity index (χ3n) is 2.42. The standard InChI is InChI=1S/C13H9BrN2O2/c1-8-4-5-18-12(8)13(17)16-11-6-10(14)3-2-9(11)7-15/h2-6H,1H3,(H,16,17). The quantitative estimate of drug-likeness (QED) is 0.923. The van der Waals surface area contributed by atoms with Gasteiger partial charge in [0.15, 0.2) is 5.76 Å². The summed E-state index contributed by atoms with van der Waals surface area (Å²) in [4.78, 5) is 11.9. The molecule has 0 aliphatic heterocycles. The number of rotatable bonds is 2. The maximum absolute atomic E-state index is 11.9. The summed E-state index contributed by atoms with van der Waals surface area (Å²) in [5.74, 6) is -0.119. The molecule has 0 saturated heterocycles. The van der Waals surface area contributed by atoms with Gasteiger partial charge in [0.05, 0.1) is 17.5 Å². The molecule has 5 heteroatoms. The van der Waals surface area contributed by atoms with Crippen molar-refractivity contribution in [2.75, 3.05) is 5.32 Å². The highest BCUT2D eigenvalue weighted by molar-refractivity contribution is 9.10. The van der Waals surface area contributed by atoms with Crippen LogP contribution >= 0.6 is 15.9 Å². The summed E-state index contributed by atoms with van der Waals surface area (Å²) in [6.07, 6.45) is 1.45. The van der Waals surface area contributed by atoms with Crippen LogP contribution in [0.5, 0.6) is 0 Å². The summed E-state index contributed by atoms with van der Waals surface area (Å²) in [5.41, 5.74) is 1.60. The monoisotopic (exact) mass is 304 g/mol. The van der Waals surface area contributed by atoms with Crippen LogP contribution in [-0.4, -0.2) is 5.91 Å². The number of hydrogen-bond donors (Lipinski definition) is 1. The van der Waals surface area contributed by atoms with Gasteiger partial charge in [0.2, 0.25) is 0 Å².